The van der Waals surface area contributed by atoms with Crippen LogP contribution in [-0.2, 0) is 9.59 Å². The number of benzene rings is 1. The number of imidazole rings is 1. The Labute approximate surface area is 199 Å². The lowest BCUT2D eigenvalue weighted by atomic mass is 9.96. The molecule has 4 aromatic rings. The summed E-state index contributed by atoms with van der Waals surface area (Å²) in [6.45, 7) is 1.36. The lowest BCUT2D eigenvalue weighted by molar-refractivity contribution is -0.132. The van der Waals surface area contributed by atoms with Gasteiger partial charge in [0.05, 0.1) is 34.9 Å². The molecule has 1 saturated carbocycles. The van der Waals surface area contributed by atoms with Crippen molar-refractivity contribution in [3.8, 4) is 11.1 Å². The van der Waals surface area contributed by atoms with E-state index in [-0.39, 0.29) is 33.9 Å². The van der Waals surface area contributed by atoms with Crippen molar-refractivity contribution < 1.29 is 27.2 Å². The molecule has 0 saturated heterocycles. The Kier molecular flexibility index (Phi) is 5.62. The SMILES string of the molecule is CC(NC(=O)C(F)F)c1c(F)c(Cl)c(-c2ccc3nc(NC(=O)[C@@H]4C[C@@H]4F)cn3c2)c2cn[nH]c12. The molecule has 1 unspecified atom stereocenters. The highest BCUT2D eigenvalue weighted by Crippen LogP contribution is 2.41. The molecule has 1 aliphatic rings. The van der Waals surface area contributed by atoms with Gasteiger partial charge in [0.25, 0.3) is 5.91 Å². The Bertz CT molecular complexity index is 1490. The molecule has 0 bridgehead atoms. The van der Waals surface area contributed by atoms with Crippen LogP contribution in [0.15, 0.2) is 30.7 Å². The number of alkyl halides is 3. The molecule has 0 spiro atoms. The van der Waals surface area contributed by atoms with Crippen molar-refractivity contribution in [3.63, 3.8) is 0 Å². The van der Waals surface area contributed by atoms with Crippen molar-refractivity contribution in [3.05, 3.63) is 47.1 Å². The third kappa shape index (κ3) is 4.07. The summed E-state index contributed by atoms with van der Waals surface area (Å²) in [6, 6.07) is 2.14. The summed E-state index contributed by atoms with van der Waals surface area (Å²) in [4.78, 5) is 27.7. The Morgan fingerprint density at radius 2 is 2.03 bits per heavy atom. The van der Waals surface area contributed by atoms with E-state index < -0.39 is 42.2 Å². The molecular formula is C22H17ClF4N6O2. The predicted molar refractivity (Wildman–Crippen MR) is 119 cm³/mol. The van der Waals surface area contributed by atoms with Gasteiger partial charge in [-0.3, -0.25) is 14.7 Å². The van der Waals surface area contributed by atoms with Crippen LogP contribution in [0.5, 0.6) is 0 Å². The first-order valence-electron chi connectivity index (χ1n) is 10.5. The van der Waals surface area contributed by atoms with E-state index >= 15 is 4.39 Å². The molecule has 13 heteroatoms. The maximum atomic E-state index is 15.4. The van der Waals surface area contributed by atoms with Gasteiger partial charge in [0.2, 0.25) is 5.91 Å². The van der Waals surface area contributed by atoms with E-state index in [1.54, 1.807) is 22.7 Å². The predicted octanol–water partition coefficient (Wildman–Crippen LogP) is 4.41. The second-order valence-corrected chi connectivity index (χ2v) is 8.64. The fraction of sp³-hybridized carbons (Fsp3) is 0.273. The molecule has 0 aliphatic heterocycles. The number of fused-ring (bicyclic) bond motifs is 2. The van der Waals surface area contributed by atoms with Crippen LogP contribution in [-0.4, -0.2) is 44.0 Å². The summed E-state index contributed by atoms with van der Waals surface area (Å²) in [5, 5.41) is 11.3. The quantitative estimate of drug-likeness (QED) is 0.336. The van der Waals surface area contributed by atoms with E-state index in [9.17, 15) is 22.8 Å². The molecule has 8 nitrogen and oxygen atoms in total. The van der Waals surface area contributed by atoms with Gasteiger partial charge in [-0.2, -0.15) is 13.9 Å². The van der Waals surface area contributed by atoms with Crippen LogP contribution in [0.25, 0.3) is 27.7 Å². The molecule has 5 rings (SSSR count). The summed E-state index contributed by atoms with van der Waals surface area (Å²) < 4.78 is 55.5. The zero-order chi connectivity index (χ0) is 25.0. The number of aromatic nitrogens is 4. The number of hydrogen-bond donors (Lipinski definition) is 3. The summed E-state index contributed by atoms with van der Waals surface area (Å²) in [6.07, 6.45) is 0.346. The van der Waals surface area contributed by atoms with Gasteiger partial charge in [-0.05, 0) is 25.5 Å². The van der Waals surface area contributed by atoms with Gasteiger partial charge in [0.1, 0.15) is 17.6 Å². The summed E-state index contributed by atoms with van der Waals surface area (Å²) in [5.41, 5.74) is 1.30. The first-order valence-corrected chi connectivity index (χ1v) is 10.9. The van der Waals surface area contributed by atoms with Crippen LogP contribution in [0.3, 0.4) is 0 Å². The smallest absolute Gasteiger partial charge is 0.315 e. The first kappa shape index (κ1) is 23.1. The van der Waals surface area contributed by atoms with Gasteiger partial charge in [-0.25, -0.2) is 13.8 Å². The minimum atomic E-state index is -3.26. The molecule has 0 radical (unpaired) electrons. The fourth-order valence-electron chi connectivity index (χ4n) is 4.03. The number of carbonyl (C=O) groups is 2. The summed E-state index contributed by atoms with van der Waals surface area (Å²) in [7, 11) is 0. The minimum Gasteiger partial charge on any atom is -0.344 e. The number of amides is 2. The van der Waals surface area contributed by atoms with Gasteiger partial charge in [-0.15, -0.1) is 0 Å². The van der Waals surface area contributed by atoms with E-state index in [0.717, 1.165) is 0 Å². The molecular weight excluding hydrogens is 492 g/mol. The number of rotatable bonds is 6. The first-order chi connectivity index (χ1) is 16.7. The molecule has 3 atom stereocenters. The normalized spacial score (nSPS) is 18.3. The summed E-state index contributed by atoms with van der Waals surface area (Å²) >= 11 is 6.40. The van der Waals surface area contributed by atoms with Crippen molar-refractivity contribution in [2.24, 2.45) is 5.92 Å². The Morgan fingerprint density at radius 3 is 2.71 bits per heavy atom. The maximum Gasteiger partial charge on any atom is 0.315 e. The second-order valence-electron chi connectivity index (χ2n) is 8.26. The third-order valence-electron chi connectivity index (χ3n) is 5.86. The number of H-pyrrole nitrogens is 1. The number of pyridine rings is 1. The molecule has 1 fully saturated rings. The molecule has 1 aromatic carbocycles. The zero-order valence-corrected chi connectivity index (χ0v) is 18.7. The lowest BCUT2D eigenvalue weighted by Crippen LogP contribution is -2.32. The maximum absolute atomic E-state index is 15.4. The second kappa shape index (κ2) is 8.52. The van der Waals surface area contributed by atoms with Crippen molar-refractivity contribution in [2.75, 3.05) is 5.32 Å². The van der Waals surface area contributed by atoms with Crippen LogP contribution >= 0.6 is 11.6 Å². The van der Waals surface area contributed by atoms with Crippen molar-refractivity contribution in [1.82, 2.24) is 24.9 Å². The number of nitrogens with zero attached hydrogens (tertiary/aromatic N) is 3. The number of nitrogens with one attached hydrogen (secondary N) is 3. The lowest BCUT2D eigenvalue weighted by Gasteiger charge is -2.18. The molecule has 35 heavy (non-hydrogen) atoms. The zero-order valence-electron chi connectivity index (χ0n) is 18.0. The number of halogens is 5. The fourth-order valence-corrected chi connectivity index (χ4v) is 4.34. The van der Waals surface area contributed by atoms with E-state index in [4.69, 9.17) is 11.6 Å². The number of anilines is 1. The van der Waals surface area contributed by atoms with E-state index in [2.05, 4.69) is 25.8 Å². The topological polar surface area (TPSA) is 104 Å². The Morgan fingerprint density at radius 1 is 1.29 bits per heavy atom. The highest BCUT2D eigenvalue weighted by Gasteiger charge is 2.43. The number of aromatic amines is 1. The average Bonchev–Trinajstić information content (AvgIpc) is 3.17. The van der Waals surface area contributed by atoms with E-state index in [0.29, 0.717) is 16.6 Å². The molecule has 1 aliphatic carbocycles. The Hall–Kier alpha value is -3.67. The van der Waals surface area contributed by atoms with E-state index in [1.807, 2.05) is 0 Å². The van der Waals surface area contributed by atoms with Crippen molar-refractivity contribution >= 4 is 45.8 Å². The molecule has 2 amide bonds. The van der Waals surface area contributed by atoms with Crippen LogP contribution in [0.4, 0.5) is 23.4 Å². The van der Waals surface area contributed by atoms with Crippen molar-refractivity contribution in [1.29, 1.82) is 0 Å². The monoisotopic (exact) mass is 508 g/mol. The van der Waals surface area contributed by atoms with Gasteiger partial charge in [0.15, 0.2) is 5.82 Å². The largest absolute Gasteiger partial charge is 0.344 e. The molecule has 3 aromatic heterocycles. The molecule has 182 valence electrons. The average molecular weight is 509 g/mol. The van der Waals surface area contributed by atoms with Gasteiger partial charge < -0.3 is 15.0 Å². The van der Waals surface area contributed by atoms with Gasteiger partial charge in [-0.1, -0.05) is 11.6 Å². The highest BCUT2D eigenvalue weighted by atomic mass is 35.5. The number of hydrogen-bond acceptors (Lipinski definition) is 4. The standard InChI is InChI=1S/C22H17ClF4N6O2/c1-8(29-22(35)20(26)27)15-18(25)17(23)16(11-5-28-32-19(11)15)9-2-3-14-30-13(7-33(14)6-9)31-21(34)10-4-12(10)24/h2-3,5-8,10,12,20H,4H2,1H3,(H,28,32)(H,29,35)(H,31,34)/t8?,10-,12+/m1/s1. The highest BCUT2D eigenvalue weighted by molar-refractivity contribution is 6.35. The summed E-state index contributed by atoms with van der Waals surface area (Å²) in [5.74, 6) is -3.32. The van der Waals surface area contributed by atoms with Crippen LogP contribution in [0.1, 0.15) is 24.9 Å². The third-order valence-corrected chi connectivity index (χ3v) is 6.21. The van der Waals surface area contributed by atoms with Gasteiger partial charge >= 0.3 is 6.43 Å². The molecule has 3 N–H and O–H groups in total. The minimum absolute atomic E-state index is 0.111. The van der Waals surface area contributed by atoms with Crippen LogP contribution in [0, 0.1) is 11.7 Å². The number of carbonyl (C=O) groups excluding carboxylic acids is 2. The van der Waals surface area contributed by atoms with Crippen molar-refractivity contribution in [2.45, 2.75) is 32.0 Å². The Balaban J connectivity index is 1.54. The molecule has 3 heterocycles. The van der Waals surface area contributed by atoms with Crippen LogP contribution in [0.2, 0.25) is 5.02 Å². The van der Waals surface area contributed by atoms with Crippen LogP contribution < -0.4 is 10.6 Å². The van der Waals surface area contributed by atoms with E-state index in [1.165, 1.54) is 19.3 Å². The van der Waals surface area contributed by atoms with Gasteiger partial charge in [0, 0.05) is 28.3 Å².